The molecule has 1 unspecified atom stereocenters. The van der Waals surface area contributed by atoms with E-state index in [1.54, 1.807) is 24.9 Å². The van der Waals surface area contributed by atoms with Crippen LogP contribution >= 0.6 is 0 Å². The lowest BCUT2D eigenvalue weighted by molar-refractivity contribution is -0.144. The van der Waals surface area contributed by atoms with E-state index in [1.165, 1.54) is 0 Å². The fraction of sp³-hybridized carbons (Fsp3) is 0.333. The van der Waals surface area contributed by atoms with Crippen LogP contribution in [0, 0.1) is 0 Å². The van der Waals surface area contributed by atoms with Crippen molar-refractivity contribution in [3.8, 4) is 11.1 Å². The molecule has 0 saturated heterocycles. The van der Waals surface area contributed by atoms with Crippen molar-refractivity contribution >= 4 is 5.97 Å². The number of carboxylic acid groups (broad SMARTS) is 1. The van der Waals surface area contributed by atoms with Crippen LogP contribution in [-0.4, -0.2) is 33.4 Å². The summed E-state index contributed by atoms with van der Waals surface area (Å²) in [5, 5.41) is 16.3. The van der Waals surface area contributed by atoms with Crippen LogP contribution in [0.3, 0.4) is 0 Å². The third-order valence-electron chi connectivity index (χ3n) is 3.61. The van der Waals surface area contributed by atoms with E-state index >= 15 is 0 Å². The Morgan fingerprint density at radius 1 is 1.35 bits per heavy atom. The monoisotopic (exact) mass is 273 g/mol. The van der Waals surface area contributed by atoms with Crippen LogP contribution in [0.5, 0.6) is 0 Å². The van der Waals surface area contributed by atoms with Gasteiger partial charge in [-0.15, -0.1) is 0 Å². The second kappa shape index (κ2) is 5.88. The Morgan fingerprint density at radius 3 is 2.65 bits per heavy atom. The molecule has 0 amide bonds. The Kier molecular flexibility index (Phi) is 4.20. The normalized spacial score (nSPS) is 13.9. The topological polar surface area (TPSA) is 67.2 Å². The molecule has 1 aromatic heterocycles. The zero-order valence-electron chi connectivity index (χ0n) is 11.7. The summed E-state index contributed by atoms with van der Waals surface area (Å²) >= 11 is 0. The molecule has 0 aliphatic heterocycles. The Balaban J connectivity index is 2.06. The van der Waals surface area contributed by atoms with Gasteiger partial charge in [-0.2, -0.15) is 5.10 Å². The molecule has 2 aromatic rings. The predicted octanol–water partition coefficient (Wildman–Crippen LogP) is 2.00. The van der Waals surface area contributed by atoms with Crippen molar-refractivity contribution in [1.29, 1.82) is 0 Å². The van der Waals surface area contributed by atoms with E-state index in [-0.39, 0.29) is 0 Å². The molecular weight excluding hydrogens is 254 g/mol. The molecule has 2 N–H and O–H groups in total. The van der Waals surface area contributed by atoms with Crippen molar-refractivity contribution in [2.24, 2.45) is 0 Å². The third kappa shape index (κ3) is 3.05. The van der Waals surface area contributed by atoms with Crippen molar-refractivity contribution in [2.75, 3.05) is 7.05 Å². The number of benzene rings is 1. The summed E-state index contributed by atoms with van der Waals surface area (Å²) in [4.78, 5) is 11.2. The van der Waals surface area contributed by atoms with Crippen LogP contribution in [0.4, 0.5) is 0 Å². The lowest BCUT2D eigenvalue weighted by atomic mass is 9.98. The minimum Gasteiger partial charge on any atom is -0.480 e. The van der Waals surface area contributed by atoms with Gasteiger partial charge >= 0.3 is 5.97 Å². The summed E-state index contributed by atoms with van der Waals surface area (Å²) in [6.45, 7) is 2.23. The number of rotatable bonds is 6. The van der Waals surface area contributed by atoms with Gasteiger partial charge in [0.25, 0.3) is 0 Å². The predicted molar refractivity (Wildman–Crippen MR) is 77.4 cm³/mol. The number of carbonyl (C=O) groups is 1. The molecule has 2 rings (SSSR count). The molecule has 106 valence electrons. The average Bonchev–Trinajstić information content (AvgIpc) is 2.94. The SMILES string of the molecule is CNC(C)(CCn1cc(-c2ccccc2)cn1)C(=O)O. The molecule has 0 saturated carbocycles. The van der Waals surface area contributed by atoms with Gasteiger partial charge in [0.2, 0.25) is 0 Å². The summed E-state index contributed by atoms with van der Waals surface area (Å²) in [6, 6.07) is 9.98. The summed E-state index contributed by atoms with van der Waals surface area (Å²) in [5.74, 6) is -0.851. The molecule has 0 spiro atoms. The van der Waals surface area contributed by atoms with Gasteiger partial charge in [0.1, 0.15) is 5.54 Å². The van der Waals surface area contributed by atoms with E-state index in [2.05, 4.69) is 10.4 Å². The highest BCUT2D eigenvalue weighted by Crippen LogP contribution is 2.18. The number of nitrogens with one attached hydrogen (secondary N) is 1. The Bertz CT molecular complexity index is 580. The number of aliphatic carboxylic acids is 1. The first kappa shape index (κ1) is 14.3. The van der Waals surface area contributed by atoms with Gasteiger partial charge in [-0.3, -0.25) is 9.48 Å². The molecule has 0 aliphatic carbocycles. The van der Waals surface area contributed by atoms with Crippen molar-refractivity contribution in [1.82, 2.24) is 15.1 Å². The van der Waals surface area contributed by atoms with E-state index in [0.717, 1.165) is 11.1 Å². The number of carboxylic acids is 1. The first-order valence-electron chi connectivity index (χ1n) is 6.55. The van der Waals surface area contributed by atoms with Crippen LogP contribution in [0.25, 0.3) is 11.1 Å². The van der Waals surface area contributed by atoms with Crippen LogP contribution in [0.1, 0.15) is 13.3 Å². The standard InChI is InChI=1S/C15H19N3O2/c1-15(16-2,14(19)20)8-9-18-11-13(10-17-18)12-6-4-3-5-7-12/h3-7,10-11,16H,8-9H2,1-2H3,(H,19,20). The zero-order valence-corrected chi connectivity index (χ0v) is 11.7. The fourth-order valence-corrected chi connectivity index (χ4v) is 1.94. The third-order valence-corrected chi connectivity index (χ3v) is 3.61. The smallest absolute Gasteiger partial charge is 0.323 e. The minimum atomic E-state index is -0.932. The van der Waals surface area contributed by atoms with Crippen molar-refractivity contribution in [2.45, 2.75) is 25.4 Å². The number of aryl methyl sites for hydroxylation is 1. The van der Waals surface area contributed by atoms with Gasteiger partial charge in [-0.1, -0.05) is 30.3 Å². The second-order valence-electron chi connectivity index (χ2n) is 5.00. The van der Waals surface area contributed by atoms with Gasteiger partial charge in [0, 0.05) is 18.3 Å². The van der Waals surface area contributed by atoms with Gasteiger partial charge in [-0.05, 0) is 26.0 Å². The van der Waals surface area contributed by atoms with Gasteiger partial charge in [0.15, 0.2) is 0 Å². The lowest BCUT2D eigenvalue weighted by Crippen LogP contribution is -2.48. The van der Waals surface area contributed by atoms with Crippen molar-refractivity contribution in [3.63, 3.8) is 0 Å². The Labute approximate surface area is 118 Å². The van der Waals surface area contributed by atoms with Crippen LogP contribution in [0.2, 0.25) is 0 Å². The molecule has 20 heavy (non-hydrogen) atoms. The number of likely N-dealkylation sites (N-methyl/N-ethyl adjacent to an activating group) is 1. The number of aromatic nitrogens is 2. The maximum atomic E-state index is 11.2. The first-order chi connectivity index (χ1) is 9.55. The molecule has 1 atom stereocenters. The summed E-state index contributed by atoms with van der Waals surface area (Å²) in [5.41, 5.74) is 1.21. The first-order valence-corrected chi connectivity index (χ1v) is 6.55. The van der Waals surface area contributed by atoms with Crippen LogP contribution in [0.15, 0.2) is 42.7 Å². The zero-order chi connectivity index (χ0) is 14.6. The van der Waals surface area contributed by atoms with E-state index in [9.17, 15) is 9.90 Å². The van der Waals surface area contributed by atoms with Crippen LogP contribution in [-0.2, 0) is 11.3 Å². The molecule has 0 aliphatic rings. The maximum Gasteiger partial charge on any atom is 0.323 e. The van der Waals surface area contributed by atoms with Gasteiger partial charge in [-0.25, -0.2) is 0 Å². The molecule has 1 aromatic carbocycles. The summed E-state index contributed by atoms with van der Waals surface area (Å²) in [7, 11) is 1.66. The number of hydrogen-bond donors (Lipinski definition) is 2. The highest BCUT2D eigenvalue weighted by atomic mass is 16.4. The van der Waals surface area contributed by atoms with E-state index in [1.807, 2.05) is 36.5 Å². The Hall–Kier alpha value is -2.14. The fourth-order valence-electron chi connectivity index (χ4n) is 1.94. The molecular formula is C15H19N3O2. The molecule has 0 fully saturated rings. The molecule has 1 heterocycles. The summed E-state index contributed by atoms with van der Waals surface area (Å²) < 4.78 is 1.78. The highest BCUT2D eigenvalue weighted by molar-refractivity contribution is 5.78. The average molecular weight is 273 g/mol. The second-order valence-corrected chi connectivity index (χ2v) is 5.00. The lowest BCUT2D eigenvalue weighted by Gasteiger charge is -2.23. The number of nitrogens with zero attached hydrogens (tertiary/aromatic N) is 2. The van der Waals surface area contributed by atoms with Gasteiger partial charge < -0.3 is 10.4 Å². The largest absolute Gasteiger partial charge is 0.480 e. The quantitative estimate of drug-likeness (QED) is 0.844. The molecule has 5 nitrogen and oxygen atoms in total. The van der Waals surface area contributed by atoms with Gasteiger partial charge in [0.05, 0.1) is 6.20 Å². The summed E-state index contributed by atoms with van der Waals surface area (Å²) in [6.07, 6.45) is 4.20. The maximum absolute atomic E-state index is 11.2. The van der Waals surface area contributed by atoms with Crippen molar-refractivity contribution < 1.29 is 9.90 Å². The number of hydrogen-bond acceptors (Lipinski definition) is 3. The Morgan fingerprint density at radius 2 is 2.05 bits per heavy atom. The van der Waals surface area contributed by atoms with Crippen LogP contribution < -0.4 is 5.32 Å². The molecule has 0 radical (unpaired) electrons. The van der Waals surface area contributed by atoms with E-state index in [0.29, 0.717) is 13.0 Å². The molecule has 0 bridgehead atoms. The molecule has 5 heteroatoms. The van der Waals surface area contributed by atoms with Crippen molar-refractivity contribution in [3.05, 3.63) is 42.7 Å². The van der Waals surface area contributed by atoms with E-state index < -0.39 is 11.5 Å². The van der Waals surface area contributed by atoms with E-state index in [4.69, 9.17) is 0 Å². The minimum absolute atomic E-state index is 0.467. The highest BCUT2D eigenvalue weighted by Gasteiger charge is 2.30.